The minimum atomic E-state index is -0.120. The third-order valence-corrected chi connectivity index (χ3v) is 3.33. The molecular weight excluding hydrogens is 317 g/mol. The van der Waals surface area contributed by atoms with E-state index >= 15 is 0 Å². The third kappa shape index (κ3) is 2.81. The van der Waals surface area contributed by atoms with E-state index in [1.165, 1.54) is 0 Å². The van der Waals surface area contributed by atoms with Crippen LogP contribution in [0.25, 0.3) is 0 Å². The van der Waals surface area contributed by atoms with E-state index in [0.29, 0.717) is 13.2 Å². The summed E-state index contributed by atoms with van der Waals surface area (Å²) < 4.78 is 5.48. The zero-order valence-electron chi connectivity index (χ0n) is 8.93. The highest BCUT2D eigenvalue weighted by molar-refractivity contribution is 14.1. The monoisotopic (exact) mass is 331 g/mol. The molecule has 0 radical (unpaired) electrons. The third-order valence-electron chi connectivity index (χ3n) is 2.74. The Balaban J connectivity index is 2.20. The highest BCUT2D eigenvalue weighted by Gasteiger charge is 2.26. The first kappa shape index (κ1) is 12.0. The molecule has 4 heteroatoms. The van der Waals surface area contributed by atoms with Crippen LogP contribution in [0.1, 0.15) is 11.6 Å². The zero-order valence-corrected chi connectivity index (χ0v) is 11.1. The van der Waals surface area contributed by atoms with Gasteiger partial charge in [0.15, 0.2) is 0 Å². The van der Waals surface area contributed by atoms with Crippen LogP contribution in [0.5, 0.6) is 0 Å². The second-order valence-corrected chi connectivity index (χ2v) is 4.83. The van der Waals surface area contributed by atoms with Crippen molar-refractivity contribution in [2.75, 3.05) is 26.3 Å². The van der Waals surface area contributed by atoms with E-state index in [2.05, 4.69) is 4.90 Å². The van der Waals surface area contributed by atoms with Crippen molar-refractivity contribution in [3.63, 3.8) is 0 Å². The molecule has 1 aliphatic heterocycles. The van der Waals surface area contributed by atoms with Gasteiger partial charge < -0.3 is 4.74 Å². The molecule has 0 amide bonds. The molecule has 3 nitrogen and oxygen atoms in total. The van der Waals surface area contributed by atoms with Gasteiger partial charge in [0.1, 0.15) is 6.04 Å². The predicted molar refractivity (Wildman–Crippen MR) is 70.6 cm³/mol. The lowest BCUT2D eigenvalue weighted by atomic mass is 10.1. The van der Waals surface area contributed by atoms with Crippen LogP contribution in [0.4, 0.5) is 0 Å². The van der Waals surface area contributed by atoms with Crippen LogP contribution >= 0.6 is 22.6 Å². The summed E-state index contributed by atoms with van der Waals surface area (Å²) in [7, 11) is 0. The SMILES string of the molecule is O=C(I)[C@@H](c1ccccc1)N1CCOCC1. The van der Waals surface area contributed by atoms with Gasteiger partial charge in [-0.05, 0) is 5.56 Å². The van der Waals surface area contributed by atoms with Crippen molar-refractivity contribution in [3.05, 3.63) is 35.9 Å². The van der Waals surface area contributed by atoms with E-state index in [-0.39, 0.29) is 9.83 Å². The van der Waals surface area contributed by atoms with Gasteiger partial charge in [0.05, 0.1) is 13.2 Å². The van der Waals surface area contributed by atoms with Crippen molar-refractivity contribution in [3.8, 4) is 0 Å². The molecule has 1 aliphatic rings. The molecule has 0 unspecified atom stereocenters. The summed E-state index contributed by atoms with van der Waals surface area (Å²) in [5.74, 6) is 0. The van der Waals surface area contributed by atoms with E-state index in [4.69, 9.17) is 4.74 Å². The molecule has 1 fully saturated rings. The van der Waals surface area contributed by atoms with Gasteiger partial charge in [-0.1, -0.05) is 30.3 Å². The first-order valence-electron chi connectivity index (χ1n) is 5.35. The number of rotatable bonds is 3. The summed E-state index contributed by atoms with van der Waals surface area (Å²) >= 11 is 1.89. The standard InChI is InChI=1S/C12H14INO2/c13-12(15)11(10-4-2-1-3-5-10)14-6-8-16-9-7-14/h1-5,11H,6-9H2/t11-/m1/s1. The molecular formula is C12H14INO2. The van der Waals surface area contributed by atoms with Crippen LogP contribution in [-0.2, 0) is 9.53 Å². The molecule has 1 aromatic carbocycles. The molecule has 1 aromatic rings. The van der Waals surface area contributed by atoms with Gasteiger partial charge in [0.25, 0.3) is 0 Å². The lowest BCUT2D eigenvalue weighted by Gasteiger charge is -2.32. The highest BCUT2D eigenvalue weighted by Crippen LogP contribution is 2.24. The van der Waals surface area contributed by atoms with Gasteiger partial charge in [0.2, 0.25) is 3.79 Å². The number of carbonyl (C=O) groups excluding carboxylic acids is 1. The van der Waals surface area contributed by atoms with Gasteiger partial charge in [0, 0.05) is 35.7 Å². The number of nitrogens with zero attached hydrogens (tertiary/aromatic N) is 1. The Morgan fingerprint density at radius 1 is 1.25 bits per heavy atom. The second kappa shape index (κ2) is 5.75. The molecule has 0 aliphatic carbocycles. The van der Waals surface area contributed by atoms with E-state index in [9.17, 15) is 4.79 Å². The normalized spacial score (nSPS) is 19.3. The topological polar surface area (TPSA) is 29.5 Å². The summed E-state index contributed by atoms with van der Waals surface area (Å²) in [6, 6.07) is 9.82. The summed E-state index contributed by atoms with van der Waals surface area (Å²) in [5.41, 5.74) is 1.07. The Labute approximate surface area is 109 Å². The number of halogens is 1. The molecule has 2 rings (SSSR count). The smallest absolute Gasteiger partial charge is 0.213 e. The fraction of sp³-hybridized carbons (Fsp3) is 0.417. The number of hydrogen-bond donors (Lipinski definition) is 0. The van der Waals surface area contributed by atoms with Crippen molar-refractivity contribution in [2.45, 2.75) is 6.04 Å². The largest absolute Gasteiger partial charge is 0.379 e. The van der Waals surface area contributed by atoms with Crippen LogP contribution in [0.15, 0.2) is 30.3 Å². The first-order valence-corrected chi connectivity index (χ1v) is 6.43. The Bertz CT molecular complexity index is 349. The average molecular weight is 331 g/mol. The molecule has 1 atom stereocenters. The summed E-state index contributed by atoms with van der Waals surface area (Å²) in [5, 5.41) is 0. The molecule has 0 spiro atoms. The average Bonchev–Trinajstić information content (AvgIpc) is 2.31. The fourth-order valence-electron chi connectivity index (χ4n) is 1.96. The Morgan fingerprint density at radius 3 is 2.44 bits per heavy atom. The van der Waals surface area contributed by atoms with Crippen LogP contribution < -0.4 is 0 Å². The van der Waals surface area contributed by atoms with E-state index in [0.717, 1.165) is 18.7 Å². The van der Waals surface area contributed by atoms with Crippen LogP contribution in [0, 0.1) is 0 Å². The number of carbonyl (C=O) groups is 1. The molecule has 0 N–H and O–H groups in total. The van der Waals surface area contributed by atoms with Crippen LogP contribution in [0.3, 0.4) is 0 Å². The number of morpholine rings is 1. The number of benzene rings is 1. The number of hydrogen-bond acceptors (Lipinski definition) is 3. The summed E-state index contributed by atoms with van der Waals surface area (Å²) in [4.78, 5) is 13.9. The Morgan fingerprint density at radius 2 is 1.88 bits per heavy atom. The van der Waals surface area contributed by atoms with Crippen molar-refractivity contribution < 1.29 is 9.53 Å². The lowest BCUT2D eigenvalue weighted by Crippen LogP contribution is -2.41. The maximum atomic E-state index is 11.7. The molecule has 16 heavy (non-hydrogen) atoms. The van der Waals surface area contributed by atoms with Crippen LogP contribution in [0.2, 0.25) is 0 Å². The summed E-state index contributed by atoms with van der Waals surface area (Å²) in [6.45, 7) is 3.09. The van der Waals surface area contributed by atoms with Gasteiger partial charge >= 0.3 is 0 Å². The minimum absolute atomic E-state index is 0.120. The molecule has 0 aromatic heterocycles. The van der Waals surface area contributed by atoms with Gasteiger partial charge in [-0.2, -0.15) is 0 Å². The second-order valence-electron chi connectivity index (χ2n) is 3.77. The minimum Gasteiger partial charge on any atom is -0.379 e. The van der Waals surface area contributed by atoms with Crippen LogP contribution in [-0.4, -0.2) is 35.0 Å². The molecule has 0 bridgehead atoms. The maximum Gasteiger partial charge on any atom is 0.213 e. The predicted octanol–water partition coefficient (Wildman–Crippen LogP) is 2.02. The quantitative estimate of drug-likeness (QED) is 0.627. The van der Waals surface area contributed by atoms with Gasteiger partial charge in [-0.15, -0.1) is 0 Å². The highest BCUT2D eigenvalue weighted by atomic mass is 127. The maximum absolute atomic E-state index is 11.7. The van der Waals surface area contributed by atoms with E-state index < -0.39 is 0 Å². The van der Waals surface area contributed by atoms with Gasteiger partial charge in [-0.3, -0.25) is 9.69 Å². The molecule has 0 saturated carbocycles. The summed E-state index contributed by atoms with van der Waals surface area (Å²) in [6.07, 6.45) is 0. The van der Waals surface area contributed by atoms with Crippen molar-refractivity contribution in [2.24, 2.45) is 0 Å². The Hall–Kier alpha value is -0.460. The Kier molecular flexibility index (Phi) is 4.31. The van der Waals surface area contributed by atoms with Crippen molar-refractivity contribution in [1.29, 1.82) is 0 Å². The first-order chi connectivity index (χ1) is 7.79. The number of ether oxygens (including phenoxy) is 1. The lowest BCUT2D eigenvalue weighted by molar-refractivity contribution is -0.116. The van der Waals surface area contributed by atoms with E-state index in [1.807, 2.05) is 52.9 Å². The van der Waals surface area contributed by atoms with Gasteiger partial charge in [-0.25, -0.2) is 0 Å². The van der Waals surface area contributed by atoms with Crippen molar-refractivity contribution in [1.82, 2.24) is 4.90 Å². The molecule has 86 valence electrons. The molecule has 1 saturated heterocycles. The molecule has 1 heterocycles. The zero-order chi connectivity index (χ0) is 11.4. The van der Waals surface area contributed by atoms with E-state index in [1.54, 1.807) is 0 Å². The fourth-order valence-corrected chi connectivity index (χ4v) is 2.71. The van der Waals surface area contributed by atoms with Crippen molar-refractivity contribution >= 4 is 26.4 Å².